The Hall–Kier alpha value is -1.35. The van der Waals surface area contributed by atoms with Crippen LogP contribution in [0.25, 0.3) is 0 Å². The summed E-state index contributed by atoms with van der Waals surface area (Å²) in [6.07, 6.45) is 0. The van der Waals surface area contributed by atoms with E-state index >= 15 is 0 Å². The molecule has 3 nitrogen and oxygen atoms in total. The van der Waals surface area contributed by atoms with Gasteiger partial charge in [0.2, 0.25) is 0 Å². The standard InChI is InChI=1S/C9H8ClN3/c1-4-6(10)3-2-5-7(4)9(12)13-8(5)11/h2-3H,1H3,(H3,11,12,13). The molecule has 13 heavy (non-hydrogen) atoms. The highest BCUT2D eigenvalue weighted by Gasteiger charge is 2.23. The lowest BCUT2D eigenvalue weighted by Gasteiger charge is -2.03. The summed E-state index contributed by atoms with van der Waals surface area (Å²) in [7, 11) is 0. The molecule has 3 N–H and O–H groups in total. The molecule has 0 spiro atoms. The zero-order chi connectivity index (χ0) is 9.59. The number of nitrogens with one attached hydrogen (secondary N) is 3. The molecule has 0 atom stereocenters. The summed E-state index contributed by atoms with van der Waals surface area (Å²) < 4.78 is 0. The summed E-state index contributed by atoms with van der Waals surface area (Å²) in [5, 5.41) is 18.4. The highest BCUT2D eigenvalue weighted by molar-refractivity contribution is 6.33. The van der Waals surface area contributed by atoms with Gasteiger partial charge in [0.05, 0.1) is 0 Å². The fourth-order valence-corrected chi connectivity index (χ4v) is 1.63. The first kappa shape index (κ1) is 8.26. The molecule has 0 saturated heterocycles. The maximum Gasteiger partial charge on any atom is 0.132 e. The van der Waals surface area contributed by atoms with Crippen LogP contribution in [0.3, 0.4) is 0 Å². The minimum Gasteiger partial charge on any atom is -0.325 e. The van der Waals surface area contributed by atoms with Gasteiger partial charge in [0.1, 0.15) is 11.7 Å². The van der Waals surface area contributed by atoms with Gasteiger partial charge in [-0.2, -0.15) is 0 Å². The second-order valence-electron chi connectivity index (χ2n) is 2.97. The topological polar surface area (TPSA) is 59.7 Å². The molecule has 0 amide bonds. The maximum absolute atomic E-state index is 7.59. The Morgan fingerprint density at radius 3 is 2.62 bits per heavy atom. The van der Waals surface area contributed by atoms with E-state index in [2.05, 4.69) is 5.32 Å². The lowest BCUT2D eigenvalue weighted by Crippen LogP contribution is -2.20. The van der Waals surface area contributed by atoms with Crippen molar-refractivity contribution in [3.63, 3.8) is 0 Å². The molecule has 1 aliphatic rings. The van der Waals surface area contributed by atoms with Gasteiger partial charge in [-0.1, -0.05) is 11.6 Å². The van der Waals surface area contributed by atoms with Crippen LogP contribution in [0.1, 0.15) is 16.7 Å². The van der Waals surface area contributed by atoms with E-state index in [4.69, 9.17) is 22.4 Å². The molecule has 2 rings (SSSR count). The fraction of sp³-hybridized carbons (Fsp3) is 0.111. The van der Waals surface area contributed by atoms with Crippen LogP contribution >= 0.6 is 11.6 Å². The zero-order valence-electron chi connectivity index (χ0n) is 7.03. The third-order valence-corrected chi connectivity index (χ3v) is 2.58. The third kappa shape index (κ3) is 1.04. The second kappa shape index (κ2) is 2.57. The Morgan fingerprint density at radius 2 is 1.92 bits per heavy atom. The number of hydrogen-bond donors (Lipinski definition) is 3. The summed E-state index contributed by atoms with van der Waals surface area (Å²) in [6.45, 7) is 1.86. The molecule has 0 aromatic heterocycles. The van der Waals surface area contributed by atoms with Crippen molar-refractivity contribution >= 4 is 23.3 Å². The molecule has 1 aromatic carbocycles. The summed E-state index contributed by atoms with van der Waals surface area (Å²) in [5.41, 5.74) is 2.36. The van der Waals surface area contributed by atoms with Gasteiger partial charge in [-0.25, -0.2) is 0 Å². The molecule has 1 heterocycles. The first-order chi connectivity index (χ1) is 6.11. The van der Waals surface area contributed by atoms with Gasteiger partial charge >= 0.3 is 0 Å². The molecular formula is C9H8ClN3. The van der Waals surface area contributed by atoms with E-state index in [1.54, 1.807) is 12.1 Å². The normalized spacial score (nSPS) is 14.3. The van der Waals surface area contributed by atoms with E-state index in [0.29, 0.717) is 5.02 Å². The van der Waals surface area contributed by atoms with E-state index < -0.39 is 0 Å². The van der Waals surface area contributed by atoms with E-state index in [1.807, 2.05) is 6.92 Å². The maximum atomic E-state index is 7.59. The molecule has 1 aromatic rings. The van der Waals surface area contributed by atoms with Crippen molar-refractivity contribution in [3.05, 3.63) is 33.8 Å². The predicted molar refractivity (Wildman–Crippen MR) is 53.0 cm³/mol. The molecule has 0 fully saturated rings. The first-order valence-corrected chi connectivity index (χ1v) is 4.23. The summed E-state index contributed by atoms with van der Waals surface area (Å²) >= 11 is 5.91. The summed E-state index contributed by atoms with van der Waals surface area (Å²) in [4.78, 5) is 0. The van der Waals surface area contributed by atoms with Gasteiger partial charge < -0.3 is 5.32 Å². The van der Waals surface area contributed by atoms with Gasteiger partial charge in [0.15, 0.2) is 0 Å². The molecule has 0 aliphatic carbocycles. The van der Waals surface area contributed by atoms with Crippen molar-refractivity contribution in [2.75, 3.05) is 0 Å². The van der Waals surface area contributed by atoms with Crippen LogP contribution in [0.15, 0.2) is 12.1 Å². The van der Waals surface area contributed by atoms with Crippen LogP contribution in [0.4, 0.5) is 0 Å². The van der Waals surface area contributed by atoms with Crippen LogP contribution < -0.4 is 5.32 Å². The van der Waals surface area contributed by atoms with Gasteiger partial charge in [-0.05, 0) is 24.6 Å². The van der Waals surface area contributed by atoms with E-state index in [1.165, 1.54) is 0 Å². The van der Waals surface area contributed by atoms with E-state index in [9.17, 15) is 0 Å². The Labute approximate surface area is 80.7 Å². The number of rotatable bonds is 0. The summed E-state index contributed by atoms with van der Waals surface area (Å²) in [5.74, 6) is 0.541. The Morgan fingerprint density at radius 1 is 1.23 bits per heavy atom. The van der Waals surface area contributed by atoms with Crippen molar-refractivity contribution < 1.29 is 0 Å². The van der Waals surface area contributed by atoms with E-state index in [-0.39, 0.29) is 11.7 Å². The lowest BCUT2D eigenvalue weighted by atomic mass is 10.0. The van der Waals surface area contributed by atoms with Gasteiger partial charge in [-0.3, -0.25) is 10.8 Å². The molecule has 0 bridgehead atoms. The quantitative estimate of drug-likeness (QED) is 0.579. The zero-order valence-corrected chi connectivity index (χ0v) is 7.79. The minimum atomic E-state index is 0.264. The fourth-order valence-electron chi connectivity index (χ4n) is 1.47. The van der Waals surface area contributed by atoms with E-state index in [0.717, 1.165) is 16.7 Å². The highest BCUT2D eigenvalue weighted by Crippen LogP contribution is 2.25. The van der Waals surface area contributed by atoms with Crippen molar-refractivity contribution in [2.24, 2.45) is 0 Å². The molecule has 4 heteroatoms. The van der Waals surface area contributed by atoms with Crippen LogP contribution in [0.2, 0.25) is 5.02 Å². The number of halogens is 1. The number of amidine groups is 2. The first-order valence-electron chi connectivity index (χ1n) is 3.85. The molecule has 0 saturated carbocycles. The SMILES string of the molecule is Cc1c(Cl)ccc2c1C(=N)NC2=N. The predicted octanol–water partition coefficient (Wildman–Crippen LogP) is 1.90. The van der Waals surface area contributed by atoms with Crippen molar-refractivity contribution in [3.8, 4) is 0 Å². The van der Waals surface area contributed by atoms with Gasteiger partial charge in [0.25, 0.3) is 0 Å². The molecule has 1 aliphatic heterocycles. The van der Waals surface area contributed by atoms with Crippen molar-refractivity contribution in [1.29, 1.82) is 10.8 Å². The largest absolute Gasteiger partial charge is 0.325 e. The Balaban J connectivity index is 2.78. The highest BCUT2D eigenvalue weighted by atomic mass is 35.5. The van der Waals surface area contributed by atoms with Crippen molar-refractivity contribution in [2.45, 2.75) is 6.92 Å². The monoisotopic (exact) mass is 193 g/mol. The average Bonchev–Trinajstić information content (AvgIpc) is 2.35. The molecule has 0 unspecified atom stereocenters. The average molecular weight is 194 g/mol. The Bertz CT molecular complexity index is 423. The second-order valence-corrected chi connectivity index (χ2v) is 3.38. The number of benzene rings is 1. The van der Waals surface area contributed by atoms with Crippen LogP contribution in [0.5, 0.6) is 0 Å². The summed E-state index contributed by atoms with van der Waals surface area (Å²) in [6, 6.07) is 3.52. The van der Waals surface area contributed by atoms with Crippen LogP contribution in [-0.2, 0) is 0 Å². The molecular weight excluding hydrogens is 186 g/mol. The third-order valence-electron chi connectivity index (χ3n) is 2.17. The smallest absolute Gasteiger partial charge is 0.132 e. The van der Waals surface area contributed by atoms with Crippen LogP contribution in [0, 0.1) is 17.7 Å². The lowest BCUT2D eigenvalue weighted by molar-refractivity contribution is 1.29. The van der Waals surface area contributed by atoms with Gasteiger partial charge in [-0.15, -0.1) is 0 Å². The number of hydrogen-bond acceptors (Lipinski definition) is 2. The minimum absolute atomic E-state index is 0.264. The molecule has 0 radical (unpaired) electrons. The van der Waals surface area contributed by atoms with Crippen molar-refractivity contribution in [1.82, 2.24) is 5.32 Å². The van der Waals surface area contributed by atoms with Gasteiger partial charge in [0, 0.05) is 16.1 Å². The Kier molecular flexibility index (Phi) is 1.63. The van der Waals surface area contributed by atoms with Crippen LogP contribution in [-0.4, -0.2) is 11.7 Å². The molecule has 66 valence electrons. The number of fused-ring (bicyclic) bond motifs is 1.